The molecule has 0 aliphatic carbocycles. The van der Waals surface area contributed by atoms with Gasteiger partial charge in [0.1, 0.15) is 0 Å². The molecule has 148 valence electrons. The standard InChI is InChI=1S/C20H20F3N3OS/c1-3-26-17-10-5-4-9-16(17)24-19(26)28-13-18(27)25(2)12-14-7-6-8-15(11-14)20(21,22)23/h4-11H,3,12-13H2,1-2H3. The van der Waals surface area contributed by atoms with Crippen LogP contribution in [0.3, 0.4) is 0 Å². The van der Waals surface area contributed by atoms with E-state index in [1.165, 1.54) is 22.7 Å². The summed E-state index contributed by atoms with van der Waals surface area (Å²) >= 11 is 1.33. The number of fused-ring (bicyclic) bond motifs is 1. The molecular weight excluding hydrogens is 387 g/mol. The molecule has 0 spiro atoms. The zero-order valence-electron chi connectivity index (χ0n) is 15.5. The van der Waals surface area contributed by atoms with Crippen molar-refractivity contribution in [2.24, 2.45) is 0 Å². The minimum absolute atomic E-state index is 0.119. The number of imidazole rings is 1. The summed E-state index contributed by atoms with van der Waals surface area (Å²) in [5.74, 6) is -0.00387. The molecule has 0 saturated heterocycles. The van der Waals surface area contributed by atoms with Crippen LogP contribution in [-0.4, -0.2) is 33.2 Å². The van der Waals surface area contributed by atoms with E-state index in [9.17, 15) is 18.0 Å². The summed E-state index contributed by atoms with van der Waals surface area (Å²) < 4.78 is 40.6. The second-order valence-electron chi connectivity index (χ2n) is 6.36. The molecule has 0 fully saturated rings. The van der Waals surface area contributed by atoms with Gasteiger partial charge in [-0.3, -0.25) is 4.79 Å². The molecule has 0 unspecified atom stereocenters. The van der Waals surface area contributed by atoms with E-state index < -0.39 is 11.7 Å². The molecular formula is C20H20F3N3OS. The van der Waals surface area contributed by atoms with Gasteiger partial charge in [0.15, 0.2) is 5.16 Å². The second kappa shape index (κ2) is 8.26. The summed E-state index contributed by atoms with van der Waals surface area (Å²) in [5.41, 5.74) is 1.61. The van der Waals surface area contributed by atoms with Gasteiger partial charge in [-0.2, -0.15) is 13.2 Å². The van der Waals surface area contributed by atoms with E-state index in [2.05, 4.69) is 4.98 Å². The highest BCUT2D eigenvalue weighted by Gasteiger charge is 2.30. The van der Waals surface area contributed by atoms with Crippen LogP contribution >= 0.6 is 11.8 Å². The number of carbonyl (C=O) groups excluding carboxylic acids is 1. The molecule has 8 heteroatoms. The third kappa shape index (κ3) is 4.49. The first-order chi connectivity index (χ1) is 13.3. The lowest BCUT2D eigenvalue weighted by Crippen LogP contribution is -2.28. The maximum Gasteiger partial charge on any atom is 0.416 e. The van der Waals surface area contributed by atoms with Gasteiger partial charge in [-0.25, -0.2) is 4.98 Å². The first-order valence-corrected chi connectivity index (χ1v) is 9.76. The van der Waals surface area contributed by atoms with Gasteiger partial charge in [-0.05, 0) is 36.8 Å². The number of aromatic nitrogens is 2. The van der Waals surface area contributed by atoms with Crippen molar-refractivity contribution in [3.63, 3.8) is 0 Å². The Morgan fingerprint density at radius 2 is 1.93 bits per heavy atom. The predicted molar refractivity (Wildman–Crippen MR) is 104 cm³/mol. The van der Waals surface area contributed by atoms with Gasteiger partial charge in [0.2, 0.25) is 5.91 Å². The van der Waals surface area contributed by atoms with Crippen LogP contribution in [0.15, 0.2) is 53.7 Å². The van der Waals surface area contributed by atoms with E-state index in [4.69, 9.17) is 0 Å². The molecule has 0 saturated carbocycles. The molecule has 3 aromatic rings. The summed E-state index contributed by atoms with van der Waals surface area (Å²) in [5, 5.41) is 0.754. The van der Waals surface area contributed by atoms with Crippen molar-refractivity contribution in [1.29, 1.82) is 0 Å². The maximum absolute atomic E-state index is 12.8. The third-order valence-corrected chi connectivity index (χ3v) is 5.32. The average Bonchev–Trinajstić information content (AvgIpc) is 3.03. The van der Waals surface area contributed by atoms with Crippen molar-refractivity contribution in [3.05, 3.63) is 59.7 Å². The summed E-state index contributed by atoms with van der Waals surface area (Å²) in [6.45, 7) is 2.87. The number of amides is 1. The predicted octanol–water partition coefficient (Wildman–Crippen LogP) is 4.83. The fourth-order valence-corrected chi connectivity index (χ4v) is 3.93. The summed E-state index contributed by atoms with van der Waals surface area (Å²) in [4.78, 5) is 18.5. The number of thioether (sulfide) groups is 1. The van der Waals surface area contributed by atoms with Gasteiger partial charge in [0.05, 0.1) is 22.3 Å². The Bertz CT molecular complexity index is 984. The second-order valence-corrected chi connectivity index (χ2v) is 7.31. The van der Waals surface area contributed by atoms with Crippen LogP contribution < -0.4 is 0 Å². The maximum atomic E-state index is 12.8. The fraction of sp³-hybridized carbons (Fsp3) is 0.300. The van der Waals surface area contributed by atoms with E-state index in [0.717, 1.165) is 34.9 Å². The van der Waals surface area contributed by atoms with Gasteiger partial charge in [0.25, 0.3) is 0 Å². The Morgan fingerprint density at radius 1 is 1.18 bits per heavy atom. The number of halogens is 3. The van der Waals surface area contributed by atoms with Crippen LogP contribution in [0.1, 0.15) is 18.1 Å². The van der Waals surface area contributed by atoms with Crippen molar-refractivity contribution in [3.8, 4) is 0 Å². The van der Waals surface area contributed by atoms with E-state index in [1.807, 2.05) is 35.8 Å². The summed E-state index contributed by atoms with van der Waals surface area (Å²) in [6.07, 6.45) is -4.40. The van der Waals surface area contributed by atoms with Crippen molar-refractivity contribution in [2.45, 2.75) is 31.3 Å². The Balaban J connectivity index is 1.65. The van der Waals surface area contributed by atoms with Gasteiger partial charge < -0.3 is 9.47 Å². The van der Waals surface area contributed by atoms with Crippen molar-refractivity contribution < 1.29 is 18.0 Å². The molecule has 0 radical (unpaired) electrons. The van der Waals surface area contributed by atoms with Crippen LogP contribution in [0.25, 0.3) is 11.0 Å². The van der Waals surface area contributed by atoms with Gasteiger partial charge in [0, 0.05) is 20.1 Å². The molecule has 2 aromatic carbocycles. The van der Waals surface area contributed by atoms with Crippen LogP contribution in [0.5, 0.6) is 0 Å². The molecule has 0 atom stereocenters. The van der Waals surface area contributed by atoms with Crippen molar-refractivity contribution in [2.75, 3.05) is 12.8 Å². The normalized spacial score (nSPS) is 11.8. The Labute approximate surface area is 165 Å². The number of benzene rings is 2. The number of hydrogen-bond donors (Lipinski definition) is 0. The van der Waals surface area contributed by atoms with E-state index in [-0.39, 0.29) is 18.2 Å². The monoisotopic (exact) mass is 407 g/mol. The Morgan fingerprint density at radius 3 is 2.64 bits per heavy atom. The van der Waals surface area contributed by atoms with E-state index in [1.54, 1.807) is 13.1 Å². The van der Waals surface area contributed by atoms with Crippen molar-refractivity contribution in [1.82, 2.24) is 14.5 Å². The quantitative estimate of drug-likeness (QED) is 0.550. The topological polar surface area (TPSA) is 38.1 Å². The van der Waals surface area contributed by atoms with Crippen LogP contribution in [0.4, 0.5) is 13.2 Å². The lowest BCUT2D eigenvalue weighted by atomic mass is 10.1. The van der Waals surface area contributed by atoms with Crippen LogP contribution in [0.2, 0.25) is 0 Å². The number of aryl methyl sites for hydroxylation is 1. The summed E-state index contributed by atoms with van der Waals surface area (Å²) in [6, 6.07) is 12.8. The van der Waals surface area contributed by atoms with Gasteiger partial charge >= 0.3 is 6.18 Å². The SMILES string of the molecule is CCn1c(SCC(=O)N(C)Cc2cccc(C(F)(F)F)c2)nc2ccccc21. The number of hydrogen-bond acceptors (Lipinski definition) is 3. The number of para-hydroxylation sites is 2. The smallest absolute Gasteiger partial charge is 0.341 e. The molecule has 3 rings (SSSR count). The molecule has 28 heavy (non-hydrogen) atoms. The van der Waals surface area contributed by atoms with Crippen LogP contribution in [0, 0.1) is 0 Å². The Hall–Kier alpha value is -2.48. The highest BCUT2D eigenvalue weighted by Crippen LogP contribution is 2.30. The largest absolute Gasteiger partial charge is 0.416 e. The van der Waals surface area contributed by atoms with Crippen LogP contribution in [-0.2, 0) is 24.1 Å². The number of alkyl halides is 3. The lowest BCUT2D eigenvalue weighted by Gasteiger charge is -2.18. The highest BCUT2D eigenvalue weighted by molar-refractivity contribution is 7.99. The molecule has 1 amide bonds. The fourth-order valence-electron chi connectivity index (χ4n) is 2.91. The molecule has 1 aromatic heterocycles. The number of rotatable bonds is 6. The average molecular weight is 407 g/mol. The zero-order valence-corrected chi connectivity index (χ0v) is 16.3. The first kappa shape index (κ1) is 20.3. The lowest BCUT2D eigenvalue weighted by molar-refractivity contribution is -0.137. The van der Waals surface area contributed by atoms with E-state index >= 15 is 0 Å². The first-order valence-electron chi connectivity index (χ1n) is 8.77. The van der Waals surface area contributed by atoms with Gasteiger partial charge in [-0.1, -0.05) is 36.0 Å². The zero-order chi connectivity index (χ0) is 20.3. The highest BCUT2D eigenvalue weighted by atomic mass is 32.2. The molecule has 0 aliphatic heterocycles. The molecule has 1 heterocycles. The molecule has 0 aliphatic rings. The third-order valence-electron chi connectivity index (χ3n) is 4.36. The van der Waals surface area contributed by atoms with Gasteiger partial charge in [-0.15, -0.1) is 0 Å². The molecule has 4 nitrogen and oxygen atoms in total. The Kier molecular flexibility index (Phi) is 5.98. The minimum Gasteiger partial charge on any atom is -0.341 e. The van der Waals surface area contributed by atoms with Crippen molar-refractivity contribution >= 4 is 28.7 Å². The number of nitrogens with zero attached hydrogens (tertiary/aromatic N) is 3. The minimum atomic E-state index is -4.40. The molecule has 0 N–H and O–H groups in total. The molecule has 0 bridgehead atoms. The van der Waals surface area contributed by atoms with E-state index in [0.29, 0.717) is 5.56 Å². The number of carbonyl (C=O) groups is 1. The summed E-state index contributed by atoms with van der Waals surface area (Å²) in [7, 11) is 1.59.